The van der Waals surface area contributed by atoms with E-state index in [-0.39, 0.29) is 17.2 Å². The number of aromatic nitrogens is 2. The molecule has 3 aromatic rings. The standard InChI is InChI=1S/C22H23N3O2S/c1-14-10-12-17(13-11-14)21-24-25-22(27-21)28-15(2)20(26)23-19-9-5-7-16-6-3-4-8-18(16)19/h3-4,6,8,10-13,15,19H,5,7,9H2,1-2H3,(H,23,26)/t15-,19-/m0/s1. The van der Waals surface area contributed by atoms with Crippen molar-refractivity contribution in [3.63, 3.8) is 0 Å². The fourth-order valence-electron chi connectivity index (χ4n) is 3.47. The Morgan fingerprint density at radius 1 is 1.18 bits per heavy atom. The van der Waals surface area contributed by atoms with Gasteiger partial charge in [-0.05, 0) is 56.4 Å². The molecule has 28 heavy (non-hydrogen) atoms. The minimum atomic E-state index is -0.319. The molecule has 2 aromatic carbocycles. The van der Waals surface area contributed by atoms with Gasteiger partial charge in [0.25, 0.3) is 5.22 Å². The first-order valence-electron chi connectivity index (χ1n) is 9.55. The van der Waals surface area contributed by atoms with Crippen LogP contribution >= 0.6 is 11.8 Å². The van der Waals surface area contributed by atoms with Crippen molar-refractivity contribution in [2.45, 2.75) is 49.6 Å². The molecule has 0 unspecified atom stereocenters. The van der Waals surface area contributed by atoms with Gasteiger partial charge in [-0.2, -0.15) is 0 Å². The highest BCUT2D eigenvalue weighted by Gasteiger charge is 2.25. The summed E-state index contributed by atoms with van der Waals surface area (Å²) in [6, 6.07) is 16.3. The molecular formula is C22H23N3O2S. The average molecular weight is 394 g/mol. The van der Waals surface area contributed by atoms with Crippen molar-refractivity contribution in [1.29, 1.82) is 0 Å². The first kappa shape index (κ1) is 18.7. The molecule has 0 saturated heterocycles. The molecule has 1 aliphatic carbocycles. The van der Waals surface area contributed by atoms with Crippen LogP contribution in [-0.4, -0.2) is 21.4 Å². The Bertz CT molecular complexity index is 968. The summed E-state index contributed by atoms with van der Waals surface area (Å²) in [5, 5.41) is 11.5. The maximum absolute atomic E-state index is 12.7. The van der Waals surface area contributed by atoms with Gasteiger partial charge in [-0.3, -0.25) is 4.79 Å². The Kier molecular flexibility index (Phi) is 5.48. The molecule has 1 aromatic heterocycles. The van der Waals surface area contributed by atoms with Crippen molar-refractivity contribution in [2.75, 3.05) is 0 Å². The van der Waals surface area contributed by atoms with Crippen LogP contribution < -0.4 is 5.32 Å². The van der Waals surface area contributed by atoms with E-state index in [0.717, 1.165) is 24.8 Å². The molecule has 1 N–H and O–H groups in total. The molecule has 1 aliphatic rings. The summed E-state index contributed by atoms with van der Waals surface area (Å²) in [6.07, 6.45) is 3.14. The second-order valence-corrected chi connectivity index (χ2v) is 8.44. The van der Waals surface area contributed by atoms with Crippen molar-refractivity contribution in [3.05, 3.63) is 65.2 Å². The minimum Gasteiger partial charge on any atom is -0.411 e. The minimum absolute atomic E-state index is 0.0122. The van der Waals surface area contributed by atoms with Crippen molar-refractivity contribution < 1.29 is 9.21 Å². The zero-order valence-corrected chi connectivity index (χ0v) is 16.8. The quantitative estimate of drug-likeness (QED) is 0.635. The molecule has 5 nitrogen and oxygen atoms in total. The van der Waals surface area contributed by atoms with Gasteiger partial charge in [0.05, 0.1) is 11.3 Å². The summed E-state index contributed by atoms with van der Waals surface area (Å²) < 4.78 is 5.74. The van der Waals surface area contributed by atoms with E-state index in [1.807, 2.05) is 44.2 Å². The van der Waals surface area contributed by atoms with E-state index in [9.17, 15) is 4.79 Å². The number of carbonyl (C=O) groups excluding carboxylic acids is 1. The van der Waals surface area contributed by atoms with Crippen molar-refractivity contribution in [1.82, 2.24) is 15.5 Å². The van der Waals surface area contributed by atoms with Crippen LogP contribution in [0.2, 0.25) is 0 Å². The van der Waals surface area contributed by atoms with E-state index in [1.165, 1.54) is 28.5 Å². The van der Waals surface area contributed by atoms with Gasteiger partial charge in [0.15, 0.2) is 0 Å². The zero-order valence-electron chi connectivity index (χ0n) is 16.0. The number of carbonyl (C=O) groups is 1. The van der Waals surface area contributed by atoms with E-state index in [4.69, 9.17) is 4.42 Å². The third kappa shape index (κ3) is 4.12. The molecule has 6 heteroatoms. The van der Waals surface area contributed by atoms with Gasteiger partial charge in [-0.1, -0.05) is 53.7 Å². The number of amides is 1. The topological polar surface area (TPSA) is 68.0 Å². The summed E-state index contributed by atoms with van der Waals surface area (Å²) in [7, 11) is 0. The molecular weight excluding hydrogens is 370 g/mol. The number of fused-ring (bicyclic) bond motifs is 1. The highest BCUT2D eigenvalue weighted by molar-refractivity contribution is 8.00. The average Bonchev–Trinajstić information content (AvgIpc) is 3.17. The lowest BCUT2D eigenvalue weighted by Crippen LogP contribution is -2.35. The first-order valence-corrected chi connectivity index (χ1v) is 10.4. The van der Waals surface area contributed by atoms with E-state index in [0.29, 0.717) is 11.1 Å². The number of hydrogen-bond donors (Lipinski definition) is 1. The van der Waals surface area contributed by atoms with Crippen LogP contribution in [0.15, 0.2) is 58.2 Å². The monoisotopic (exact) mass is 393 g/mol. The lowest BCUT2D eigenvalue weighted by atomic mass is 9.88. The smallest absolute Gasteiger partial charge is 0.277 e. The van der Waals surface area contributed by atoms with Crippen molar-refractivity contribution in [2.24, 2.45) is 0 Å². The summed E-state index contributed by atoms with van der Waals surface area (Å²) in [4.78, 5) is 12.7. The molecule has 2 atom stereocenters. The summed E-state index contributed by atoms with van der Waals surface area (Å²) in [5.74, 6) is 0.457. The number of thioether (sulfide) groups is 1. The second-order valence-electron chi connectivity index (χ2n) is 7.15. The Hall–Kier alpha value is -2.60. The van der Waals surface area contributed by atoms with Crippen LogP contribution in [0.4, 0.5) is 0 Å². The molecule has 0 fully saturated rings. The molecule has 144 valence electrons. The fourth-order valence-corrected chi connectivity index (χ4v) is 4.16. The van der Waals surface area contributed by atoms with Crippen LogP contribution in [0, 0.1) is 6.92 Å². The van der Waals surface area contributed by atoms with Crippen LogP contribution in [0.5, 0.6) is 0 Å². The van der Waals surface area contributed by atoms with E-state index >= 15 is 0 Å². The van der Waals surface area contributed by atoms with Gasteiger partial charge < -0.3 is 9.73 Å². The van der Waals surface area contributed by atoms with Gasteiger partial charge in [-0.25, -0.2) is 0 Å². The Morgan fingerprint density at radius 3 is 2.79 bits per heavy atom. The first-order chi connectivity index (χ1) is 13.6. The second kappa shape index (κ2) is 8.19. The molecule has 0 saturated carbocycles. The number of rotatable bonds is 5. The number of aryl methyl sites for hydroxylation is 2. The Morgan fingerprint density at radius 2 is 1.96 bits per heavy atom. The van der Waals surface area contributed by atoms with Gasteiger partial charge in [-0.15, -0.1) is 10.2 Å². The van der Waals surface area contributed by atoms with Crippen LogP contribution in [0.3, 0.4) is 0 Å². The predicted molar refractivity (Wildman–Crippen MR) is 110 cm³/mol. The molecule has 1 heterocycles. The lowest BCUT2D eigenvalue weighted by molar-refractivity contribution is -0.121. The third-order valence-corrected chi connectivity index (χ3v) is 5.97. The third-order valence-electron chi connectivity index (χ3n) is 5.04. The largest absolute Gasteiger partial charge is 0.411 e. The summed E-state index contributed by atoms with van der Waals surface area (Å²) >= 11 is 1.29. The van der Waals surface area contributed by atoms with Crippen LogP contribution in [0.25, 0.3) is 11.5 Å². The summed E-state index contributed by atoms with van der Waals surface area (Å²) in [5.41, 5.74) is 4.62. The zero-order chi connectivity index (χ0) is 19.5. The highest BCUT2D eigenvalue weighted by atomic mass is 32.2. The fraction of sp³-hybridized carbons (Fsp3) is 0.318. The molecule has 0 spiro atoms. The Labute approximate surface area is 168 Å². The van der Waals surface area contributed by atoms with Gasteiger partial charge in [0.1, 0.15) is 0 Å². The maximum Gasteiger partial charge on any atom is 0.277 e. The predicted octanol–water partition coefficient (Wildman–Crippen LogP) is 4.72. The molecule has 0 radical (unpaired) electrons. The lowest BCUT2D eigenvalue weighted by Gasteiger charge is -2.27. The van der Waals surface area contributed by atoms with Gasteiger partial charge >= 0.3 is 0 Å². The van der Waals surface area contributed by atoms with E-state index < -0.39 is 0 Å². The number of hydrogen-bond acceptors (Lipinski definition) is 5. The van der Waals surface area contributed by atoms with Crippen LogP contribution in [0.1, 0.15) is 42.5 Å². The van der Waals surface area contributed by atoms with Gasteiger partial charge in [0.2, 0.25) is 11.8 Å². The SMILES string of the molecule is Cc1ccc(-c2nnc(S[C@@H](C)C(=O)N[C@H]3CCCc4ccccc43)o2)cc1. The molecule has 0 aliphatic heterocycles. The number of benzene rings is 2. The van der Waals surface area contributed by atoms with E-state index in [2.05, 4.69) is 33.7 Å². The molecule has 4 rings (SSSR count). The Balaban J connectivity index is 1.40. The van der Waals surface area contributed by atoms with Crippen molar-refractivity contribution in [3.8, 4) is 11.5 Å². The normalized spacial score (nSPS) is 17.0. The van der Waals surface area contributed by atoms with Gasteiger partial charge in [0, 0.05) is 5.56 Å². The summed E-state index contributed by atoms with van der Waals surface area (Å²) in [6.45, 7) is 3.90. The molecule has 1 amide bonds. The molecule has 0 bridgehead atoms. The van der Waals surface area contributed by atoms with Crippen molar-refractivity contribution >= 4 is 17.7 Å². The number of nitrogens with zero attached hydrogens (tertiary/aromatic N) is 2. The maximum atomic E-state index is 12.7. The van der Waals surface area contributed by atoms with Crippen LogP contribution in [-0.2, 0) is 11.2 Å². The number of nitrogens with one attached hydrogen (secondary N) is 1. The van der Waals surface area contributed by atoms with E-state index in [1.54, 1.807) is 0 Å². The highest BCUT2D eigenvalue weighted by Crippen LogP contribution is 2.31.